The van der Waals surface area contributed by atoms with Crippen molar-refractivity contribution in [2.45, 2.75) is 25.8 Å². The van der Waals surface area contributed by atoms with E-state index >= 15 is 0 Å². The molecule has 1 aliphatic heterocycles. The van der Waals surface area contributed by atoms with E-state index in [9.17, 15) is 9.59 Å². The summed E-state index contributed by atoms with van der Waals surface area (Å²) in [6.07, 6.45) is 1.01. The van der Waals surface area contributed by atoms with Crippen LogP contribution in [0.5, 0.6) is 0 Å². The zero-order valence-corrected chi connectivity index (χ0v) is 17.8. The number of hydrogen-bond acceptors (Lipinski definition) is 3. The molecule has 0 spiro atoms. The second-order valence-corrected chi connectivity index (χ2v) is 8.08. The summed E-state index contributed by atoms with van der Waals surface area (Å²) in [5.74, 6) is 0.553. The van der Waals surface area contributed by atoms with Gasteiger partial charge in [-0.3, -0.25) is 9.59 Å². The first kappa shape index (κ1) is 20.0. The molecule has 1 unspecified atom stereocenters. The number of carbonyl (C=O) groups is 2. The van der Waals surface area contributed by atoms with Gasteiger partial charge >= 0.3 is 0 Å². The molecule has 0 aliphatic carbocycles. The molecule has 2 heterocycles. The first-order valence-electron chi connectivity index (χ1n) is 10.8. The zero-order valence-electron chi connectivity index (χ0n) is 17.8. The number of carbonyl (C=O) groups excluding carboxylic acids is 2. The first-order chi connectivity index (χ1) is 15.6. The number of amides is 2. The average Bonchev–Trinajstić information content (AvgIpc) is 3.23. The van der Waals surface area contributed by atoms with Gasteiger partial charge in [-0.25, -0.2) is 4.98 Å². The minimum atomic E-state index is -0.268. The molecular formula is C26H24N4O2. The molecule has 32 heavy (non-hydrogen) atoms. The topological polar surface area (TPSA) is 78.1 Å². The van der Waals surface area contributed by atoms with Crippen molar-refractivity contribution in [1.82, 2.24) is 14.9 Å². The monoisotopic (exact) mass is 424 g/mol. The van der Waals surface area contributed by atoms with Crippen LogP contribution in [0, 0.1) is 0 Å². The van der Waals surface area contributed by atoms with Crippen molar-refractivity contribution in [3.63, 3.8) is 0 Å². The highest BCUT2D eigenvalue weighted by Crippen LogP contribution is 2.33. The molecule has 0 radical (unpaired) electrons. The average molecular weight is 425 g/mol. The molecule has 0 fully saturated rings. The molecule has 1 atom stereocenters. The molecule has 1 aromatic heterocycles. The van der Waals surface area contributed by atoms with Crippen molar-refractivity contribution in [3.05, 3.63) is 83.9 Å². The standard InChI is InChI=1S/C26H24N4O2/c1-17(31)30-15-14-18-8-2-3-9-19(18)24(30)16-25(32)27-21-11-5-4-10-20(21)26-28-22-12-6-7-13-23(22)29-26/h2-13,24H,14-16H2,1H3,(H,27,32)(H,28,29). The molecule has 6 nitrogen and oxygen atoms in total. The van der Waals surface area contributed by atoms with Gasteiger partial charge in [0.1, 0.15) is 5.82 Å². The Bertz CT molecular complexity index is 1280. The van der Waals surface area contributed by atoms with E-state index in [0.29, 0.717) is 18.1 Å². The van der Waals surface area contributed by atoms with Crippen LogP contribution in [0.2, 0.25) is 0 Å². The summed E-state index contributed by atoms with van der Waals surface area (Å²) in [4.78, 5) is 35.2. The predicted octanol–water partition coefficient (Wildman–Crippen LogP) is 4.70. The van der Waals surface area contributed by atoms with Gasteiger partial charge in [-0.05, 0) is 41.8 Å². The third-order valence-corrected chi connectivity index (χ3v) is 6.04. The number of anilines is 1. The molecule has 6 heteroatoms. The van der Waals surface area contributed by atoms with Gasteiger partial charge in [0.25, 0.3) is 0 Å². The van der Waals surface area contributed by atoms with Gasteiger partial charge in [-0.1, -0.05) is 48.5 Å². The highest BCUT2D eigenvalue weighted by Gasteiger charge is 2.30. The highest BCUT2D eigenvalue weighted by molar-refractivity contribution is 5.96. The van der Waals surface area contributed by atoms with Crippen LogP contribution in [0.4, 0.5) is 5.69 Å². The third-order valence-electron chi connectivity index (χ3n) is 6.04. The van der Waals surface area contributed by atoms with E-state index in [-0.39, 0.29) is 24.3 Å². The summed E-state index contributed by atoms with van der Waals surface area (Å²) in [7, 11) is 0. The fraction of sp³-hybridized carbons (Fsp3) is 0.192. The van der Waals surface area contributed by atoms with Crippen LogP contribution in [0.15, 0.2) is 72.8 Å². The van der Waals surface area contributed by atoms with E-state index in [4.69, 9.17) is 0 Å². The Morgan fingerprint density at radius 3 is 2.62 bits per heavy atom. The third kappa shape index (κ3) is 3.75. The molecule has 2 amide bonds. The lowest BCUT2D eigenvalue weighted by Crippen LogP contribution is -2.40. The van der Waals surface area contributed by atoms with Gasteiger partial charge in [0.2, 0.25) is 11.8 Å². The van der Waals surface area contributed by atoms with Gasteiger partial charge in [0.15, 0.2) is 0 Å². The number of hydrogen-bond donors (Lipinski definition) is 2. The number of rotatable bonds is 4. The predicted molar refractivity (Wildman–Crippen MR) is 125 cm³/mol. The number of H-pyrrole nitrogens is 1. The molecule has 1 aliphatic rings. The molecule has 160 valence electrons. The molecule has 5 rings (SSSR count). The maximum Gasteiger partial charge on any atom is 0.226 e. The van der Waals surface area contributed by atoms with Gasteiger partial charge < -0.3 is 15.2 Å². The summed E-state index contributed by atoms with van der Waals surface area (Å²) in [5.41, 5.74) is 5.58. The Kier molecular flexibility index (Phi) is 5.19. The van der Waals surface area contributed by atoms with E-state index in [1.54, 1.807) is 11.8 Å². The van der Waals surface area contributed by atoms with E-state index < -0.39 is 0 Å². The minimum Gasteiger partial charge on any atom is -0.338 e. The number of imidazole rings is 1. The summed E-state index contributed by atoms with van der Waals surface area (Å²) < 4.78 is 0. The Balaban J connectivity index is 1.42. The Morgan fingerprint density at radius 2 is 1.78 bits per heavy atom. The van der Waals surface area contributed by atoms with Crippen LogP contribution >= 0.6 is 0 Å². The number of aromatic nitrogens is 2. The Morgan fingerprint density at radius 1 is 1.03 bits per heavy atom. The minimum absolute atomic E-state index is 0.0139. The lowest BCUT2D eigenvalue weighted by Gasteiger charge is -2.36. The van der Waals surface area contributed by atoms with Crippen molar-refractivity contribution in [2.75, 3.05) is 11.9 Å². The second kappa shape index (κ2) is 8.30. The molecule has 0 saturated carbocycles. The normalized spacial score (nSPS) is 15.4. The number of nitrogens with one attached hydrogen (secondary N) is 2. The van der Waals surface area contributed by atoms with Crippen molar-refractivity contribution < 1.29 is 9.59 Å². The number of nitrogens with zero attached hydrogens (tertiary/aromatic N) is 2. The molecule has 0 bridgehead atoms. The van der Waals surface area contributed by atoms with Gasteiger partial charge in [-0.15, -0.1) is 0 Å². The summed E-state index contributed by atoms with van der Waals surface area (Å²) in [5, 5.41) is 3.05. The summed E-state index contributed by atoms with van der Waals surface area (Å²) >= 11 is 0. The van der Waals surface area contributed by atoms with Gasteiger partial charge in [0, 0.05) is 19.0 Å². The smallest absolute Gasteiger partial charge is 0.226 e. The van der Waals surface area contributed by atoms with Gasteiger partial charge in [-0.2, -0.15) is 0 Å². The van der Waals surface area contributed by atoms with Crippen LogP contribution < -0.4 is 5.32 Å². The number of para-hydroxylation sites is 3. The van der Waals surface area contributed by atoms with Crippen LogP contribution in [0.3, 0.4) is 0 Å². The number of benzene rings is 3. The summed E-state index contributed by atoms with van der Waals surface area (Å²) in [6.45, 7) is 2.19. The molecule has 0 saturated heterocycles. The van der Waals surface area contributed by atoms with Crippen molar-refractivity contribution in [2.24, 2.45) is 0 Å². The quantitative estimate of drug-likeness (QED) is 0.498. The van der Waals surface area contributed by atoms with Crippen LogP contribution in [-0.4, -0.2) is 33.2 Å². The maximum atomic E-state index is 13.1. The SMILES string of the molecule is CC(=O)N1CCc2ccccc2C1CC(=O)Nc1ccccc1-c1nc2ccccc2[nH]1. The fourth-order valence-corrected chi connectivity index (χ4v) is 4.50. The van der Waals surface area contributed by atoms with Crippen molar-refractivity contribution in [3.8, 4) is 11.4 Å². The van der Waals surface area contributed by atoms with E-state index in [1.807, 2.05) is 66.7 Å². The number of fused-ring (bicyclic) bond motifs is 2. The van der Waals surface area contributed by atoms with E-state index in [0.717, 1.165) is 28.6 Å². The largest absolute Gasteiger partial charge is 0.338 e. The Hall–Kier alpha value is -3.93. The molecular weight excluding hydrogens is 400 g/mol. The molecule has 2 N–H and O–H groups in total. The second-order valence-electron chi connectivity index (χ2n) is 8.08. The maximum absolute atomic E-state index is 13.1. The van der Waals surface area contributed by atoms with Crippen LogP contribution in [0.1, 0.15) is 30.5 Å². The lowest BCUT2D eigenvalue weighted by molar-refractivity contribution is -0.132. The molecule has 4 aromatic rings. The highest BCUT2D eigenvalue weighted by atomic mass is 16.2. The van der Waals surface area contributed by atoms with Gasteiger partial charge in [0.05, 0.1) is 29.2 Å². The molecule has 3 aromatic carbocycles. The first-order valence-corrected chi connectivity index (χ1v) is 10.8. The van der Waals surface area contributed by atoms with Crippen molar-refractivity contribution in [1.29, 1.82) is 0 Å². The van der Waals surface area contributed by atoms with E-state index in [2.05, 4.69) is 21.4 Å². The summed E-state index contributed by atoms with van der Waals surface area (Å²) in [6, 6.07) is 23.2. The van der Waals surface area contributed by atoms with Crippen LogP contribution in [-0.2, 0) is 16.0 Å². The van der Waals surface area contributed by atoms with Crippen LogP contribution in [0.25, 0.3) is 22.4 Å². The zero-order chi connectivity index (χ0) is 22.1. The Labute approximate surface area is 186 Å². The number of aromatic amines is 1. The van der Waals surface area contributed by atoms with Crippen molar-refractivity contribution >= 4 is 28.5 Å². The lowest BCUT2D eigenvalue weighted by atomic mass is 9.90. The van der Waals surface area contributed by atoms with E-state index in [1.165, 1.54) is 5.56 Å². The fourth-order valence-electron chi connectivity index (χ4n) is 4.50.